The molecule has 3 rings (SSSR count). The van der Waals surface area contributed by atoms with Crippen LogP contribution in [0.2, 0.25) is 0 Å². The van der Waals surface area contributed by atoms with Crippen LogP contribution < -0.4 is 19.5 Å². The van der Waals surface area contributed by atoms with Crippen LogP contribution in [-0.4, -0.2) is 19.6 Å². The van der Waals surface area contributed by atoms with Crippen LogP contribution in [-0.2, 0) is 6.61 Å². The van der Waals surface area contributed by atoms with Crippen molar-refractivity contribution in [2.75, 3.05) is 19.0 Å². The van der Waals surface area contributed by atoms with Crippen molar-refractivity contribution in [3.8, 4) is 17.2 Å². The number of halogens is 1. The fourth-order valence-corrected chi connectivity index (χ4v) is 3.57. The summed E-state index contributed by atoms with van der Waals surface area (Å²) in [5, 5.41) is 2.90. The number of benzene rings is 3. The van der Waals surface area contributed by atoms with Gasteiger partial charge in [-0.05, 0) is 71.5 Å². The number of ether oxygens (including phenoxy) is 3. The Morgan fingerprint density at radius 1 is 1.00 bits per heavy atom. The van der Waals surface area contributed by atoms with E-state index in [0.29, 0.717) is 36.0 Å². The van der Waals surface area contributed by atoms with Gasteiger partial charge in [0.15, 0.2) is 11.5 Å². The van der Waals surface area contributed by atoms with Crippen molar-refractivity contribution in [3.05, 3.63) is 81.4 Å². The molecule has 0 heterocycles. The lowest BCUT2D eigenvalue weighted by Gasteiger charge is -2.14. The summed E-state index contributed by atoms with van der Waals surface area (Å²) in [6, 6.07) is 20.6. The number of amides is 1. The summed E-state index contributed by atoms with van der Waals surface area (Å²) >= 11 is 2.14. The summed E-state index contributed by atoms with van der Waals surface area (Å²) in [6.45, 7) is 2.91. The molecule has 1 N–H and O–H groups in total. The fourth-order valence-electron chi connectivity index (χ4n) is 2.74. The molecular weight excluding hydrogens is 481 g/mol. The summed E-state index contributed by atoms with van der Waals surface area (Å²) < 4.78 is 17.7. The number of methoxy groups -OCH3 is 1. The molecule has 0 saturated carbocycles. The molecular formula is C23H22INO4. The van der Waals surface area contributed by atoms with Crippen LogP contribution >= 0.6 is 22.6 Å². The van der Waals surface area contributed by atoms with Crippen LogP contribution in [0.5, 0.6) is 17.2 Å². The molecule has 150 valence electrons. The highest BCUT2D eigenvalue weighted by molar-refractivity contribution is 14.1. The quantitative estimate of drug-likeness (QED) is 0.411. The van der Waals surface area contributed by atoms with E-state index in [9.17, 15) is 4.79 Å². The minimum Gasteiger partial charge on any atom is -0.494 e. The third kappa shape index (κ3) is 5.63. The summed E-state index contributed by atoms with van der Waals surface area (Å²) in [4.78, 5) is 12.8. The standard InChI is InChI=1S/C23H22INO4/c1-3-28-19-11-9-18(10-12-19)25-23(26)17-13-20(24)22(27-2)21(14-17)29-15-16-7-5-4-6-8-16/h4-14H,3,15H2,1-2H3,(H,25,26). The lowest BCUT2D eigenvalue weighted by Crippen LogP contribution is -2.13. The molecule has 0 spiro atoms. The third-order valence-electron chi connectivity index (χ3n) is 4.14. The second-order valence-electron chi connectivity index (χ2n) is 6.18. The molecule has 0 aliphatic rings. The van der Waals surface area contributed by atoms with Gasteiger partial charge in [-0.2, -0.15) is 0 Å². The van der Waals surface area contributed by atoms with Gasteiger partial charge < -0.3 is 19.5 Å². The molecule has 0 fully saturated rings. The largest absolute Gasteiger partial charge is 0.494 e. The monoisotopic (exact) mass is 503 g/mol. The van der Waals surface area contributed by atoms with E-state index in [1.54, 1.807) is 19.2 Å². The zero-order chi connectivity index (χ0) is 20.6. The van der Waals surface area contributed by atoms with E-state index in [1.165, 1.54) is 0 Å². The number of anilines is 1. The van der Waals surface area contributed by atoms with Gasteiger partial charge in [-0.25, -0.2) is 0 Å². The molecule has 0 unspecified atom stereocenters. The summed E-state index contributed by atoms with van der Waals surface area (Å²) in [5.74, 6) is 1.68. The van der Waals surface area contributed by atoms with Gasteiger partial charge >= 0.3 is 0 Å². The Bertz CT molecular complexity index is 959. The van der Waals surface area contributed by atoms with Gasteiger partial charge in [0.25, 0.3) is 5.91 Å². The van der Waals surface area contributed by atoms with Crippen LogP contribution in [0.1, 0.15) is 22.8 Å². The molecule has 0 aliphatic heterocycles. The third-order valence-corrected chi connectivity index (χ3v) is 4.94. The highest BCUT2D eigenvalue weighted by Crippen LogP contribution is 2.34. The van der Waals surface area contributed by atoms with Crippen molar-refractivity contribution in [3.63, 3.8) is 0 Å². The normalized spacial score (nSPS) is 10.3. The molecule has 0 radical (unpaired) electrons. The number of hydrogen-bond donors (Lipinski definition) is 1. The first-order valence-electron chi connectivity index (χ1n) is 9.19. The molecule has 0 aliphatic carbocycles. The van der Waals surface area contributed by atoms with Crippen molar-refractivity contribution < 1.29 is 19.0 Å². The molecule has 29 heavy (non-hydrogen) atoms. The van der Waals surface area contributed by atoms with Crippen molar-refractivity contribution in [1.82, 2.24) is 0 Å². The summed E-state index contributed by atoms with van der Waals surface area (Å²) in [7, 11) is 1.59. The first-order valence-corrected chi connectivity index (χ1v) is 10.3. The van der Waals surface area contributed by atoms with Crippen LogP contribution in [0, 0.1) is 3.57 Å². The van der Waals surface area contributed by atoms with Crippen LogP contribution in [0.3, 0.4) is 0 Å². The molecule has 0 saturated heterocycles. The van der Waals surface area contributed by atoms with Crippen LogP contribution in [0.4, 0.5) is 5.69 Å². The molecule has 5 nitrogen and oxygen atoms in total. The molecule has 6 heteroatoms. The van der Waals surface area contributed by atoms with E-state index in [4.69, 9.17) is 14.2 Å². The van der Waals surface area contributed by atoms with E-state index in [-0.39, 0.29) is 5.91 Å². The van der Waals surface area contributed by atoms with Gasteiger partial charge in [-0.3, -0.25) is 4.79 Å². The molecule has 0 atom stereocenters. The van der Waals surface area contributed by atoms with Gasteiger partial charge in [-0.1, -0.05) is 30.3 Å². The molecule has 0 bridgehead atoms. The second kappa shape index (κ2) is 10.2. The van der Waals surface area contributed by atoms with E-state index in [1.807, 2.05) is 61.5 Å². The number of hydrogen-bond acceptors (Lipinski definition) is 4. The molecule has 0 aromatic heterocycles. The Hall–Kier alpha value is -2.74. The average Bonchev–Trinajstić information content (AvgIpc) is 2.74. The van der Waals surface area contributed by atoms with Crippen molar-refractivity contribution in [2.45, 2.75) is 13.5 Å². The topological polar surface area (TPSA) is 56.8 Å². The average molecular weight is 503 g/mol. The maximum atomic E-state index is 12.8. The highest BCUT2D eigenvalue weighted by atomic mass is 127. The molecule has 1 amide bonds. The zero-order valence-corrected chi connectivity index (χ0v) is 18.4. The first-order chi connectivity index (χ1) is 14.1. The highest BCUT2D eigenvalue weighted by Gasteiger charge is 2.16. The van der Waals surface area contributed by atoms with E-state index >= 15 is 0 Å². The Morgan fingerprint density at radius 3 is 2.38 bits per heavy atom. The second-order valence-corrected chi connectivity index (χ2v) is 7.34. The van der Waals surface area contributed by atoms with Crippen molar-refractivity contribution in [1.29, 1.82) is 0 Å². The lowest BCUT2D eigenvalue weighted by atomic mass is 10.1. The Kier molecular flexibility index (Phi) is 7.35. The summed E-state index contributed by atoms with van der Waals surface area (Å²) in [5.41, 5.74) is 2.22. The number of carbonyl (C=O) groups is 1. The zero-order valence-electron chi connectivity index (χ0n) is 16.3. The van der Waals surface area contributed by atoms with Gasteiger partial charge in [0.2, 0.25) is 0 Å². The molecule has 3 aromatic rings. The molecule has 3 aromatic carbocycles. The van der Waals surface area contributed by atoms with Crippen LogP contribution in [0.15, 0.2) is 66.7 Å². The summed E-state index contributed by atoms with van der Waals surface area (Å²) in [6.07, 6.45) is 0. The van der Waals surface area contributed by atoms with E-state index in [2.05, 4.69) is 27.9 Å². The van der Waals surface area contributed by atoms with E-state index in [0.717, 1.165) is 14.9 Å². The van der Waals surface area contributed by atoms with Gasteiger partial charge in [0, 0.05) is 11.3 Å². The number of nitrogens with one attached hydrogen (secondary N) is 1. The maximum absolute atomic E-state index is 12.8. The fraction of sp³-hybridized carbons (Fsp3) is 0.174. The number of rotatable bonds is 8. The predicted octanol–water partition coefficient (Wildman–Crippen LogP) is 5.53. The van der Waals surface area contributed by atoms with Gasteiger partial charge in [-0.15, -0.1) is 0 Å². The Morgan fingerprint density at radius 2 is 1.72 bits per heavy atom. The maximum Gasteiger partial charge on any atom is 0.255 e. The Labute approximate surface area is 184 Å². The minimum absolute atomic E-state index is 0.223. The number of carbonyl (C=O) groups excluding carboxylic acids is 1. The van der Waals surface area contributed by atoms with Gasteiger partial charge in [0.05, 0.1) is 17.3 Å². The SMILES string of the molecule is CCOc1ccc(NC(=O)c2cc(I)c(OC)c(OCc3ccccc3)c2)cc1. The smallest absolute Gasteiger partial charge is 0.255 e. The Balaban J connectivity index is 1.77. The first kappa shape index (κ1) is 21.0. The minimum atomic E-state index is -0.223. The van der Waals surface area contributed by atoms with Crippen molar-refractivity contribution >= 4 is 34.2 Å². The lowest BCUT2D eigenvalue weighted by molar-refractivity contribution is 0.102. The van der Waals surface area contributed by atoms with Crippen LogP contribution in [0.25, 0.3) is 0 Å². The van der Waals surface area contributed by atoms with E-state index < -0.39 is 0 Å². The predicted molar refractivity (Wildman–Crippen MR) is 122 cm³/mol. The van der Waals surface area contributed by atoms with Crippen molar-refractivity contribution in [2.24, 2.45) is 0 Å². The van der Waals surface area contributed by atoms with Gasteiger partial charge in [0.1, 0.15) is 12.4 Å².